The molecule has 3 aromatic rings. The normalized spacial score (nSPS) is 14.7. The highest BCUT2D eigenvalue weighted by molar-refractivity contribution is 9.10. The fourth-order valence-corrected chi connectivity index (χ4v) is 4.73. The van der Waals surface area contributed by atoms with Crippen molar-refractivity contribution in [2.24, 2.45) is 5.10 Å². The Morgan fingerprint density at radius 2 is 2.06 bits per heavy atom. The predicted molar refractivity (Wildman–Crippen MR) is 136 cm³/mol. The Kier molecular flexibility index (Phi) is 7.28. The number of fused-ring (bicyclic) bond motifs is 1. The van der Waals surface area contributed by atoms with Crippen LogP contribution in [-0.2, 0) is 6.42 Å². The van der Waals surface area contributed by atoms with Gasteiger partial charge in [-0.05, 0) is 62.1 Å². The van der Waals surface area contributed by atoms with E-state index in [0.29, 0.717) is 41.1 Å². The molecule has 1 aliphatic carbocycles. The average Bonchev–Trinajstić information content (AvgIpc) is 2.82. The van der Waals surface area contributed by atoms with E-state index >= 15 is 0 Å². The summed E-state index contributed by atoms with van der Waals surface area (Å²) in [5.74, 6) is 1.40. The van der Waals surface area contributed by atoms with Gasteiger partial charge < -0.3 is 9.84 Å². The van der Waals surface area contributed by atoms with Gasteiger partial charge in [-0.2, -0.15) is 9.78 Å². The van der Waals surface area contributed by atoms with E-state index in [-0.39, 0.29) is 17.2 Å². The minimum absolute atomic E-state index is 0.103. The summed E-state index contributed by atoms with van der Waals surface area (Å²) in [6.45, 7) is 6.05. The van der Waals surface area contributed by atoms with E-state index in [9.17, 15) is 9.90 Å². The summed E-state index contributed by atoms with van der Waals surface area (Å²) in [6, 6.07) is 9.12. The third-order valence-electron chi connectivity index (χ3n) is 5.97. The molecule has 1 heterocycles. The Labute approximate surface area is 201 Å². The summed E-state index contributed by atoms with van der Waals surface area (Å²) in [4.78, 5) is 18.3. The van der Waals surface area contributed by atoms with Crippen LogP contribution in [0.5, 0.6) is 11.5 Å². The second kappa shape index (κ2) is 10.3. The lowest BCUT2D eigenvalue weighted by atomic mass is 9.88. The first-order valence-electron chi connectivity index (χ1n) is 11.4. The van der Waals surface area contributed by atoms with E-state index in [2.05, 4.69) is 27.6 Å². The number of phenolic OH excluding ortho intramolecular Hbond substituents is 1. The number of aromatic nitrogens is 2. The van der Waals surface area contributed by atoms with Crippen molar-refractivity contribution in [3.8, 4) is 11.5 Å². The quantitative estimate of drug-likeness (QED) is 0.316. The van der Waals surface area contributed by atoms with Crippen molar-refractivity contribution in [2.45, 2.75) is 51.4 Å². The first-order valence-corrected chi connectivity index (χ1v) is 12.2. The maximum absolute atomic E-state index is 13.5. The summed E-state index contributed by atoms with van der Waals surface area (Å²) in [5, 5.41) is 15.6. The van der Waals surface area contributed by atoms with Crippen LogP contribution in [-0.4, -0.2) is 27.6 Å². The zero-order chi connectivity index (χ0) is 23.4. The molecule has 1 aromatic heterocycles. The van der Waals surface area contributed by atoms with Crippen molar-refractivity contribution in [2.75, 3.05) is 6.61 Å². The van der Waals surface area contributed by atoms with E-state index in [4.69, 9.17) is 9.72 Å². The molecule has 7 heteroatoms. The zero-order valence-corrected chi connectivity index (χ0v) is 20.3. The van der Waals surface area contributed by atoms with Gasteiger partial charge in [-0.3, -0.25) is 4.79 Å². The van der Waals surface area contributed by atoms with Gasteiger partial charge in [-0.15, -0.1) is 6.58 Å². The van der Waals surface area contributed by atoms with Crippen LogP contribution in [0.25, 0.3) is 10.9 Å². The number of halogens is 1. The number of allylic oxidation sites excluding steroid dienone is 1. The molecule has 0 unspecified atom stereocenters. The second-order valence-corrected chi connectivity index (χ2v) is 9.20. The van der Waals surface area contributed by atoms with E-state index < -0.39 is 0 Å². The van der Waals surface area contributed by atoms with Gasteiger partial charge in [0.15, 0.2) is 11.5 Å². The maximum atomic E-state index is 13.5. The molecule has 0 bridgehead atoms. The van der Waals surface area contributed by atoms with Crippen LogP contribution in [0.1, 0.15) is 61.9 Å². The summed E-state index contributed by atoms with van der Waals surface area (Å²) < 4.78 is 7.87. The van der Waals surface area contributed by atoms with Crippen molar-refractivity contribution in [3.63, 3.8) is 0 Å². The van der Waals surface area contributed by atoms with E-state index in [1.165, 1.54) is 11.1 Å². The summed E-state index contributed by atoms with van der Waals surface area (Å²) in [5.41, 5.74) is 1.92. The lowest BCUT2D eigenvalue weighted by Crippen LogP contribution is -2.25. The van der Waals surface area contributed by atoms with Crippen LogP contribution < -0.4 is 10.3 Å². The molecular weight excluding hydrogens is 482 g/mol. The Morgan fingerprint density at radius 3 is 2.79 bits per heavy atom. The molecule has 0 amide bonds. The van der Waals surface area contributed by atoms with Gasteiger partial charge in [-0.1, -0.05) is 41.3 Å². The molecule has 2 aromatic carbocycles. The van der Waals surface area contributed by atoms with Crippen LogP contribution in [0.2, 0.25) is 0 Å². The van der Waals surface area contributed by atoms with Crippen LogP contribution in [0.15, 0.2) is 57.4 Å². The lowest BCUT2D eigenvalue weighted by molar-refractivity contribution is 0.317. The number of phenols is 1. The van der Waals surface area contributed by atoms with Gasteiger partial charge in [0.2, 0.25) is 0 Å². The van der Waals surface area contributed by atoms with Crippen LogP contribution in [0, 0.1) is 0 Å². The Balaban J connectivity index is 1.84. The molecule has 33 heavy (non-hydrogen) atoms. The number of nitrogens with zero attached hydrogens (tertiary/aromatic N) is 3. The highest BCUT2D eigenvalue weighted by Gasteiger charge is 2.22. The van der Waals surface area contributed by atoms with Crippen molar-refractivity contribution in [1.82, 2.24) is 9.66 Å². The van der Waals surface area contributed by atoms with E-state index in [0.717, 1.165) is 35.7 Å². The molecule has 0 atom stereocenters. The number of hydrogen-bond acceptors (Lipinski definition) is 5. The predicted octanol–water partition coefficient (Wildman–Crippen LogP) is 5.92. The molecule has 0 saturated heterocycles. The first-order chi connectivity index (χ1) is 16.0. The first kappa shape index (κ1) is 23.2. The Bertz CT molecular complexity index is 1260. The molecule has 172 valence electrons. The molecule has 4 rings (SSSR count). The largest absolute Gasteiger partial charge is 0.504 e. The van der Waals surface area contributed by atoms with Crippen LogP contribution in [0.4, 0.5) is 0 Å². The molecule has 0 radical (unpaired) electrons. The van der Waals surface area contributed by atoms with Gasteiger partial charge in [0, 0.05) is 16.0 Å². The SMILES string of the molecule is C=CCc1cc(C=Nn2c(C3CCCCC3)nc3ccc(Br)cc3c2=O)cc(OCC)c1O. The highest BCUT2D eigenvalue weighted by atomic mass is 79.9. The van der Waals surface area contributed by atoms with Crippen molar-refractivity contribution in [3.05, 3.63) is 74.8 Å². The minimum Gasteiger partial charge on any atom is -0.504 e. The Hall–Kier alpha value is -2.93. The third kappa shape index (κ3) is 5.03. The summed E-state index contributed by atoms with van der Waals surface area (Å²) in [6.07, 6.45) is 9.32. The Morgan fingerprint density at radius 1 is 1.27 bits per heavy atom. The van der Waals surface area contributed by atoms with Crippen LogP contribution >= 0.6 is 15.9 Å². The molecule has 6 nitrogen and oxygen atoms in total. The van der Waals surface area contributed by atoms with Gasteiger partial charge in [-0.25, -0.2) is 4.98 Å². The molecule has 0 aliphatic heterocycles. The number of hydrogen-bond donors (Lipinski definition) is 1. The number of benzene rings is 2. The van der Waals surface area contributed by atoms with Gasteiger partial charge in [0.05, 0.1) is 23.7 Å². The molecule has 0 spiro atoms. The second-order valence-electron chi connectivity index (χ2n) is 8.28. The molecule has 1 aliphatic rings. The summed E-state index contributed by atoms with van der Waals surface area (Å²) in [7, 11) is 0. The van der Waals surface area contributed by atoms with Gasteiger partial charge in [0.25, 0.3) is 5.56 Å². The third-order valence-corrected chi connectivity index (χ3v) is 6.46. The van der Waals surface area contributed by atoms with Gasteiger partial charge in [0.1, 0.15) is 5.82 Å². The highest BCUT2D eigenvalue weighted by Crippen LogP contribution is 2.33. The lowest BCUT2D eigenvalue weighted by Gasteiger charge is -2.22. The monoisotopic (exact) mass is 509 g/mol. The smallest absolute Gasteiger partial charge is 0.282 e. The maximum Gasteiger partial charge on any atom is 0.282 e. The zero-order valence-electron chi connectivity index (χ0n) is 18.8. The minimum atomic E-state index is -0.187. The van der Waals surface area contributed by atoms with Crippen LogP contribution in [0.3, 0.4) is 0 Å². The van der Waals surface area contributed by atoms with E-state index in [1.54, 1.807) is 24.4 Å². The number of rotatable bonds is 7. The molecular formula is C26H28BrN3O3. The molecule has 1 fully saturated rings. The van der Waals surface area contributed by atoms with Gasteiger partial charge >= 0.3 is 0 Å². The van der Waals surface area contributed by atoms with Crippen molar-refractivity contribution in [1.29, 1.82) is 0 Å². The molecule has 1 saturated carbocycles. The summed E-state index contributed by atoms with van der Waals surface area (Å²) >= 11 is 3.45. The van der Waals surface area contributed by atoms with Crippen molar-refractivity contribution < 1.29 is 9.84 Å². The van der Waals surface area contributed by atoms with E-state index in [1.807, 2.05) is 25.1 Å². The standard InChI is InChI=1S/C26H28BrN3O3/c1-3-8-19-13-17(14-23(24(19)31)33-4-2)16-28-30-25(18-9-6-5-7-10-18)29-22-12-11-20(27)15-21(22)26(30)32/h3,11-16,18,31H,1,4-10H2,2H3. The fourth-order valence-electron chi connectivity index (χ4n) is 4.37. The fraction of sp³-hybridized carbons (Fsp3) is 0.346. The number of aromatic hydroxyl groups is 1. The molecule has 1 N–H and O–H groups in total. The topological polar surface area (TPSA) is 76.7 Å². The number of ether oxygens (including phenoxy) is 1. The van der Waals surface area contributed by atoms with Crippen molar-refractivity contribution >= 4 is 33.0 Å². The average molecular weight is 510 g/mol.